The molecule has 4 nitrogen and oxygen atoms in total. The number of aryl methyl sites for hydroxylation is 1. The van der Waals surface area contributed by atoms with Crippen LogP contribution in [-0.4, -0.2) is 17.1 Å². The second-order valence-corrected chi connectivity index (χ2v) is 3.56. The molecule has 0 radical (unpaired) electrons. The van der Waals surface area contributed by atoms with Crippen LogP contribution in [0.3, 0.4) is 0 Å². The van der Waals surface area contributed by atoms with Gasteiger partial charge in [0, 0.05) is 5.02 Å². The standard InChI is InChI=1S/C10H10ClNO3/c11-8-3-1-2-7(6-8)4-5-9(12-15)10(13)14/h1-3,6,9H,4-5H2,(H,13,14). The number of rotatable bonds is 5. The Balaban J connectivity index is 2.56. The van der Waals surface area contributed by atoms with Gasteiger partial charge in [-0.2, -0.15) is 0 Å². The Morgan fingerprint density at radius 2 is 2.27 bits per heavy atom. The largest absolute Gasteiger partial charge is 0.480 e. The summed E-state index contributed by atoms with van der Waals surface area (Å²) in [6.07, 6.45) is 0.669. The summed E-state index contributed by atoms with van der Waals surface area (Å²) in [5.41, 5.74) is 0.900. The minimum Gasteiger partial charge on any atom is -0.480 e. The van der Waals surface area contributed by atoms with Crippen molar-refractivity contribution in [1.29, 1.82) is 0 Å². The summed E-state index contributed by atoms with van der Waals surface area (Å²) < 4.78 is 0. The lowest BCUT2D eigenvalue weighted by atomic mass is 10.1. The fourth-order valence-electron chi connectivity index (χ4n) is 1.22. The average molecular weight is 228 g/mol. The number of carboxylic acid groups (broad SMARTS) is 1. The SMILES string of the molecule is O=NC(CCc1cccc(Cl)c1)C(=O)O. The molecule has 1 N–H and O–H groups in total. The van der Waals surface area contributed by atoms with Gasteiger partial charge in [0.15, 0.2) is 6.04 Å². The van der Waals surface area contributed by atoms with Crippen molar-refractivity contribution >= 4 is 17.6 Å². The van der Waals surface area contributed by atoms with Crippen LogP contribution in [0.2, 0.25) is 5.02 Å². The van der Waals surface area contributed by atoms with Crippen molar-refractivity contribution in [3.8, 4) is 0 Å². The number of halogens is 1. The number of benzene rings is 1. The third-order valence-electron chi connectivity index (χ3n) is 2.01. The Kier molecular flexibility index (Phi) is 4.24. The van der Waals surface area contributed by atoms with Crippen molar-refractivity contribution in [1.82, 2.24) is 0 Å². The van der Waals surface area contributed by atoms with E-state index in [4.69, 9.17) is 16.7 Å². The van der Waals surface area contributed by atoms with Crippen LogP contribution < -0.4 is 0 Å². The van der Waals surface area contributed by atoms with Crippen LogP contribution in [-0.2, 0) is 11.2 Å². The normalized spacial score (nSPS) is 12.1. The van der Waals surface area contributed by atoms with Gasteiger partial charge < -0.3 is 5.11 Å². The highest BCUT2D eigenvalue weighted by atomic mass is 35.5. The molecule has 0 aliphatic carbocycles. The van der Waals surface area contributed by atoms with Crippen molar-refractivity contribution in [3.63, 3.8) is 0 Å². The monoisotopic (exact) mass is 227 g/mol. The van der Waals surface area contributed by atoms with Gasteiger partial charge in [0.05, 0.1) is 0 Å². The first kappa shape index (κ1) is 11.7. The second kappa shape index (κ2) is 5.46. The maximum atomic E-state index is 10.5. The number of hydrogen-bond donors (Lipinski definition) is 1. The lowest BCUT2D eigenvalue weighted by Gasteiger charge is -2.04. The van der Waals surface area contributed by atoms with E-state index in [0.29, 0.717) is 11.4 Å². The number of nitroso groups, excluding NO2 is 1. The predicted octanol–water partition coefficient (Wildman–Crippen LogP) is 2.49. The van der Waals surface area contributed by atoms with Gasteiger partial charge in [-0.25, -0.2) is 4.79 Å². The minimum atomic E-state index is -1.19. The van der Waals surface area contributed by atoms with Crippen molar-refractivity contribution in [3.05, 3.63) is 39.8 Å². The number of nitrogens with zero attached hydrogens (tertiary/aromatic N) is 1. The van der Waals surface area contributed by atoms with E-state index in [9.17, 15) is 9.70 Å². The smallest absolute Gasteiger partial charge is 0.332 e. The van der Waals surface area contributed by atoms with E-state index >= 15 is 0 Å². The first-order chi connectivity index (χ1) is 7.13. The van der Waals surface area contributed by atoms with E-state index in [1.165, 1.54) is 0 Å². The molecule has 15 heavy (non-hydrogen) atoms. The summed E-state index contributed by atoms with van der Waals surface area (Å²) in [5, 5.41) is 11.7. The predicted molar refractivity (Wildman–Crippen MR) is 57.0 cm³/mol. The van der Waals surface area contributed by atoms with E-state index in [2.05, 4.69) is 5.18 Å². The lowest BCUT2D eigenvalue weighted by Crippen LogP contribution is -2.17. The molecule has 1 unspecified atom stereocenters. The Bertz CT molecular complexity index is 367. The zero-order chi connectivity index (χ0) is 11.3. The third kappa shape index (κ3) is 3.67. The summed E-state index contributed by atoms with van der Waals surface area (Å²) >= 11 is 5.76. The summed E-state index contributed by atoms with van der Waals surface area (Å²) in [7, 11) is 0. The maximum Gasteiger partial charge on any atom is 0.332 e. The van der Waals surface area contributed by atoms with Gasteiger partial charge in [-0.15, -0.1) is 4.91 Å². The maximum absolute atomic E-state index is 10.5. The molecule has 0 aromatic heterocycles. The lowest BCUT2D eigenvalue weighted by molar-refractivity contribution is -0.138. The fraction of sp³-hybridized carbons (Fsp3) is 0.300. The molecule has 1 atom stereocenters. The molecule has 0 spiro atoms. The van der Waals surface area contributed by atoms with E-state index in [-0.39, 0.29) is 6.42 Å². The molecule has 80 valence electrons. The molecular weight excluding hydrogens is 218 g/mol. The average Bonchev–Trinajstić information content (AvgIpc) is 2.18. The van der Waals surface area contributed by atoms with Gasteiger partial charge in [-0.3, -0.25) is 0 Å². The van der Waals surface area contributed by atoms with Crippen LogP contribution in [0.25, 0.3) is 0 Å². The Labute approximate surface area is 91.8 Å². The summed E-state index contributed by atoms with van der Waals surface area (Å²) in [6, 6.07) is 5.91. The van der Waals surface area contributed by atoms with Crippen LogP contribution >= 0.6 is 11.6 Å². The Morgan fingerprint density at radius 3 is 2.80 bits per heavy atom. The molecule has 0 amide bonds. The van der Waals surface area contributed by atoms with Crippen LogP contribution in [0.15, 0.2) is 29.4 Å². The highest BCUT2D eigenvalue weighted by Crippen LogP contribution is 2.13. The summed E-state index contributed by atoms with van der Waals surface area (Å²) in [4.78, 5) is 20.7. The third-order valence-corrected chi connectivity index (χ3v) is 2.24. The highest BCUT2D eigenvalue weighted by Gasteiger charge is 2.17. The molecule has 0 saturated heterocycles. The van der Waals surface area contributed by atoms with Crippen LogP contribution in [0.5, 0.6) is 0 Å². The zero-order valence-corrected chi connectivity index (χ0v) is 8.65. The van der Waals surface area contributed by atoms with Gasteiger partial charge in [-0.05, 0) is 30.5 Å². The van der Waals surface area contributed by atoms with E-state index in [0.717, 1.165) is 5.56 Å². The molecule has 0 aliphatic heterocycles. The molecule has 0 saturated carbocycles. The number of carbonyl (C=O) groups is 1. The summed E-state index contributed by atoms with van der Waals surface area (Å²) in [5.74, 6) is -1.19. The fourth-order valence-corrected chi connectivity index (χ4v) is 1.43. The number of carboxylic acids is 1. The zero-order valence-electron chi connectivity index (χ0n) is 7.89. The minimum absolute atomic E-state index is 0.194. The number of aliphatic carboxylic acids is 1. The molecule has 1 aromatic rings. The molecule has 0 heterocycles. The Morgan fingerprint density at radius 1 is 1.53 bits per heavy atom. The van der Waals surface area contributed by atoms with Crippen molar-refractivity contribution < 1.29 is 9.90 Å². The Hall–Kier alpha value is -1.42. The van der Waals surface area contributed by atoms with Gasteiger partial charge >= 0.3 is 5.97 Å². The van der Waals surface area contributed by atoms with Gasteiger partial charge in [0.2, 0.25) is 0 Å². The molecular formula is C10H10ClNO3. The molecule has 5 heteroatoms. The van der Waals surface area contributed by atoms with Crippen molar-refractivity contribution in [2.75, 3.05) is 0 Å². The summed E-state index contributed by atoms with van der Waals surface area (Å²) in [6.45, 7) is 0. The van der Waals surface area contributed by atoms with Crippen LogP contribution in [0.1, 0.15) is 12.0 Å². The number of hydrogen-bond acceptors (Lipinski definition) is 3. The quantitative estimate of drug-likeness (QED) is 0.786. The van der Waals surface area contributed by atoms with Crippen molar-refractivity contribution in [2.24, 2.45) is 5.18 Å². The molecule has 0 fully saturated rings. The van der Waals surface area contributed by atoms with Gasteiger partial charge in [-0.1, -0.05) is 28.9 Å². The van der Waals surface area contributed by atoms with Crippen LogP contribution in [0, 0.1) is 4.91 Å². The van der Waals surface area contributed by atoms with E-state index < -0.39 is 12.0 Å². The molecule has 1 rings (SSSR count). The molecule has 1 aromatic carbocycles. The highest BCUT2D eigenvalue weighted by molar-refractivity contribution is 6.30. The van der Waals surface area contributed by atoms with Crippen LogP contribution in [0.4, 0.5) is 0 Å². The topological polar surface area (TPSA) is 66.7 Å². The van der Waals surface area contributed by atoms with Crippen molar-refractivity contribution in [2.45, 2.75) is 18.9 Å². The first-order valence-electron chi connectivity index (χ1n) is 4.43. The van der Waals surface area contributed by atoms with E-state index in [1.807, 2.05) is 6.07 Å². The van der Waals surface area contributed by atoms with E-state index in [1.54, 1.807) is 18.2 Å². The van der Waals surface area contributed by atoms with Gasteiger partial charge in [0.1, 0.15) is 0 Å². The molecule has 0 aliphatic rings. The second-order valence-electron chi connectivity index (χ2n) is 3.13. The van der Waals surface area contributed by atoms with Gasteiger partial charge in [0.25, 0.3) is 0 Å². The molecule has 0 bridgehead atoms. The first-order valence-corrected chi connectivity index (χ1v) is 4.81.